The van der Waals surface area contributed by atoms with Crippen LogP contribution in [-0.2, 0) is 6.54 Å². The first-order valence-electron chi connectivity index (χ1n) is 5.41. The van der Waals surface area contributed by atoms with E-state index < -0.39 is 0 Å². The van der Waals surface area contributed by atoms with Gasteiger partial charge in [-0.25, -0.2) is 4.98 Å². The zero-order valence-electron chi connectivity index (χ0n) is 9.78. The second-order valence-electron chi connectivity index (χ2n) is 3.71. The van der Waals surface area contributed by atoms with Gasteiger partial charge in [-0.2, -0.15) is 0 Å². The molecule has 0 amide bonds. The van der Waals surface area contributed by atoms with Crippen molar-refractivity contribution in [2.75, 3.05) is 7.05 Å². The van der Waals surface area contributed by atoms with E-state index in [4.69, 9.17) is 27.9 Å². The van der Waals surface area contributed by atoms with Crippen molar-refractivity contribution in [1.82, 2.24) is 10.3 Å². The highest BCUT2D eigenvalue weighted by Gasteiger charge is 2.05. The minimum Gasteiger partial charge on any atom is -0.437 e. The fourth-order valence-corrected chi connectivity index (χ4v) is 1.94. The van der Waals surface area contributed by atoms with Crippen molar-refractivity contribution >= 4 is 23.2 Å². The van der Waals surface area contributed by atoms with Crippen molar-refractivity contribution in [3.63, 3.8) is 0 Å². The fourth-order valence-electron chi connectivity index (χ4n) is 1.49. The number of aromatic nitrogens is 1. The minimum absolute atomic E-state index is 0.461. The zero-order valence-corrected chi connectivity index (χ0v) is 11.3. The van der Waals surface area contributed by atoms with E-state index in [1.165, 1.54) is 0 Å². The molecule has 0 aliphatic heterocycles. The summed E-state index contributed by atoms with van der Waals surface area (Å²) in [6, 6.07) is 8.86. The summed E-state index contributed by atoms with van der Waals surface area (Å²) < 4.78 is 5.62. The van der Waals surface area contributed by atoms with E-state index in [-0.39, 0.29) is 0 Å². The van der Waals surface area contributed by atoms with Crippen molar-refractivity contribution < 1.29 is 4.74 Å². The van der Waals surface area contributed by atoms with Crippen LogP contribution in [0.2, 0.25) is 10.0 Å². The summed E-state index contributed by atoms with van der Waals surface area (Å²) in [6.45, 7) is 0.757. The molecule has 1 heterocycles. The highest BCUT2D eigenvalue weighted by atomic mass is 35.5. The van der Waals surface area contributed by atoms with E-state index in [1.807, 2.05) is 19.2 Å². The predicted octanol–water partition coefficient (Wildman–Crippen LogP) is 3.90. The lowest BCUT2D eigenvalue weighted by molar-refractivity contribution is 0.462. The van der Waals surface area contributed by atoms with Crippen LogP contribution in [0, 0.1) is 0 Å². The molecule has 0 saturated heterocycles. The van der Waals surface area contributed by atoms with Gasteiger partial charge in [0.05, 0.1) is 5.02 Å². The van der Waals surface area contributed by atoms with Crippen molar-refractivity contribution in [1.29, 1.82) is 0 Å². The maximum absolute atomic E-state index is 6.03. The van der Waals surface area contributed by atoms with Gasteiger partial charge in [-0.1, -0.05) is 23.2 Å². The SMILES string of the molecule is CNCc1ccnc(Oc2ccc(Cl)cc2Cl)c1. The average Bonchev–Trinajstić information content (AvgIpc) is 2.34. The van der Waals surface area contributed by atoms with E-state index in [0.29, 0.717) is 21.7 Å². The molecular weight excluding hydrogens is 271 g/mol. The molecule has 2 rings (SSSR count). The van der Waals surface area contributed by atoms with Crippen LogP contribution in [0.15, 0.2) is 36.5 Å². The van der Waals surface area contributed by atoms with Gasteiger partial charge in [0.15, 0.2) is 0 Å². The predicted molar refractivity (Wildman–Crippen MR) is 73.5 cm³/mol. The van der Waals surface area contributed by atoms with Gasteiger partial charge in [-0.05, 0) is 36.9 Å². The first kappa shape index (κ1) is 13.1. The molecule has 94 valence electrons. The lowest BCUT2D eigenvalue weighted by Crippen LogP contribution is -2.05. The molecule has 0 aliphatic rings. The molecule has 1 N–H and O–H groups in total. The van der Waals surface area contributed by atoms with E-state index in [9.17, 15) is 0 Å². The van der Waals surface area contributed by atoms with Crippen LogP contribution >= 0.6 is 23.2 Å². The molecule has 18 heavy (non-hydrogen) atoms. The summed E-state index contributed by atoms with van der Waals surface area (Å²) >= 11 is 11.9. The highest BCUT2D eigenvalue weighted by Crippen LogP contribution is 2.30. The highest BCUT2D eigenvalue weighted by molar-refractivity contribution is 6.35. The Bertz CT molecular complexity index is 546. The van der Waals surface area contributed by atoms with Crippen LogP contribution in [0.3, 0.4) is 0 Å². The smallest absolute Gasteiger partial charge is 0.219 e. The Balaban J connectivity index is 2.20. The molecule has 0 fully saturated rings. The van der Waals surface area contributed by atoms with Crippen LogP contribution in [-0.4, -0.2) is 12.0 Å². The number of benzene rings is 1. The maximum Gasteiger partial charge on any atom is 0.219 e. The number of hydrogen-bond donors (Lipinski definition) is 1. The average molecular weight is 283 g/mol. The summed E-state index contributed by atoms with van der Waals surface area (Å²) in [7, 11) is 1.89. The molecule has 0 atom stereocenters. The second kappa shape index (κ2) is 6.05. The Hall–Kier alpha value is -1.29. The molecule has 1 aromatic carbocycles. The lowest BCUT2D eigenvalue weighted by Gasteiger charge is -2.08. The number of nitrogens with one attached hydrogen (secondary N) is 1. The maximum atomic E-state index is 6.03. The van der Waals surface area contributed by atoms with Crippen LogP contribution in [0.25, 0.3) is 0 Å². The number of hydrogen-bond acceptors (Lipinski definition) is 3. The third-order valence-corrected chi connectivity index (χ3v) is 2.82. The minimum atomic E-state index is 0.461. The van der Waals surface area contributed by atoms with Crippen LogP contribution in [0.1, 0.15) is 5.56 Å². The van der Waals surface area contributed by atoms with Crippen LogP contribution in [0.5, 0.6) is 11.6 Å². The normalized spacial score (nSPS) is 10.4. The number of rotatable bonds is 4. The third-order valence-electron chi connectivity index (χ3n) is 2.29. The molecular formula is C13H12Cl2N2O. The third kappa shape index (κ3) is 3.35. The van der Waals surface area contributed by atoms with E-state index >= 15 is 0 Å². The Labute approximate surface area is 116 Å². The zero-order chi connectivity index (χ0) is 13.0. The largest absolute Gasteiger partial charge is 0.437 e. The molecule has 0 aliphatic carbocycles. The second-order valence-corrected chi connectivity index (χ2v) is 4.55. The number of pyridine rings is 1. The molecule has 5 heteroatoms. The summed E-state index contributed by atoms with van der Waals surface area (Å²) in [6.07, 6.45) is 1.70. The monoisotopic (exact) mass is 282 g/mol. The van der Waals surface area contributed by atoms with Gasteiger partial charge < -0.3 is 10.1 Å². The van der Waals surface area contributed by atoms with Crippen molar-refractivity contribution in [2.45, 2.75) is 6.54 Å². The van der Waals surface area contributed by atoms with E-state index in [2.05, 4.69) is 10.3 Å². The Morgan fingerprint density at radius 2 is 2.06 bits per heavy atom. The molecule has 0 radical (unpaired) electrons. The molecule has 3 nitrogen and oxygen atoms in total. The van der Waals surface area contributed by atoms with E-state index in [0.717, 1.165) is 12.1 Å². The molecule has 2 aromatic rings. The number of ether oxygens (including phenoxy) is 1. The van der Waals surface area contributed by atoms with Gasteiger partial charge in [0.1, 0.15) is 5.75 Å². The number of halogens is 2. The molecule has 0 spiro atoms. The topological polar surface area (TPSA) is 34.2 Å². The van der Waals surface area contributed by atoms with Gasteiger partial charge in [0.25, 0.3) is 0 Å². The van der Waals surface area contributed by atoms with Gasteiger partial charge in [-0.15, -0.1) is 0 Å². The molecule has 0 unspecified atom stereocenters. The van der Waals surface area contributed by atoms with Gasteiger partial charge in [0, 0.05) is 23.8 Å². The van der Waals surface area contributed by atoms with Crippen molar-refractivity contribution in [3.8, 4) is 11.6 Å². The fraction of sp³-hybridized carbons (Fsp3) is 0.154. The first-order valence-corrected chi connectivity index (χ1v) is 6.17. The van der Waals surface area contributed by atoms with Crippen molar-refractivity contribution in [3.05, 3.63) is 52.1 Å². The summed E-state index contributed by atoms with van der Waals surface area (Å²) in [5.41, 5.74) is 1.09. The quantitative estimate of drug-likeness (QED) is 0.924. The Morgan fingerprint density at radius 3 is 2.78 bits per heavy atom. The summed E-state index contributed by atoms with van der Waals surface area (Å²) in [4.78, 5) is 4.14. The summed E-state index contributed by atoms with van der Waals surface area (Å²) in [5.74, 6) is 1.04. The molecule has 0 bridgehead atoms. The Kier molecular flexibility index (Phi) is 4.42. The molecule has 0 saturated carbocycles. The lowest BCUT2D eigenvalue weighted by atomic mass is 10.2. The van der Waals surface area contributed by atoms with Gasteiger partial charge in [-0.3, -0.25) is 0 Å². The van der Waals surface area contributed by atoms with Crippen LogP contribution < -0.4 is 10.1 Å². The van der Waals surface area contributed by atoms with E-state index in [1.54, 1.807) is 24.4 Å². The first-order chi connectivity index (χ1) is 8.69. The summed E-state index contributed by atoms with van der Waals surface area (Å²) in [5, 5.41) is 4.10. The Morgan fingerprint density at radius 1 is 1.22 bits per heavy atom. The van der Waals surface area contributed by atoms with Crippen LogP contribution in [0.4, 0.5) is 0 Å². The molecule has 1 aromatic heterocycles. The van der Waals surface area contributed by atoms with Gasteiger partial charge >= 0.3 is 0 Å². The van der Waals surface area contributed by atoms with Crippen molar-refractivity contribution in [2.24, 2.45) is 0 Å². The van der Waals surface area contributed by atoms with Gasteiger partial charge in [0.2, 0.25) is 5.88 Å². The number of nitrogens with zero attached hydrogens (tertiary/aromatic N) is 1. The standard InChI is InChI=1S/C13H12Cl2N2O/c1-16-8-9-4-5-17-13(6-9)18-12-3-2-10(14)7-11(12)15/h2-7,16H,8H2,1H3.